The smallest absolute Gasteiger partial charge is 0.254 e. The van der Waals surface area contributed by atoms with Crippen LogP contribution in [-0.4, -0.2) is 24.3 Å². The molecule has 6 nitrogen and oxygen atoms in total. The Labute approximate surface area is 221 Å². The van der Waals surface area contributed by atoms with E-state index in [0.29, 0.717) is 25.3 Å². The fraction of sp³-hybridized carbons (Fsp3) is 0.516. The van der Waals surface area contributed by atoms with Gasteiger partial charge >= 0.3 is 0 Å². The Morgan fingerprint density at radius 1 is 1.03 bits per heavy atom. The van der Waals surface area contributed by atoms with Gasteiger partial charge in [-0.3, -0.25) is 14.4 Å². The molecule has 3 atom stereocenters. The van der Waals surface area contributed by atoms with E-state index in [1.54, 1.807) is 0 Å². The summed E-state index contributed by atoms with van der Waals surface area (Å²) in [6, 6.07) is 15.0. The molecule has 2 aromatic rings. The quantitative estimate of drug-likeness (QED) is 0.417. The molecule has 1 aliphatic carbocycles. The minimum absolute atomic E-state index is 0.120. The number of hydrogen-bond acceptors (Lipinski definition) is 3. The lowest BCUT2D eigenvalue weighted by Crippen LogP contribution is -2.48. The number of nitrogens with two attached hydrogens (primary N) is 1. The van der Waals surface area contributed by atoms with E-state index in [0.717, 1.165) is 48.1 Å². The first-order valence-corrected chi connectivity index (χ1v) is 13.9. The van der Waals surface area contributed by atoms with Crippen molar-refractivity contribution < 1.29 is 14.4 Å². The molecule has 1 saturated carbocycles. The van der Waals surface area contributed by atoms with Gasteiger partial charge in [0.15, 0.2) is 0 Å². The molecule has 1 aliphatic heterocycles. The average molecular weight is 504 g/mol. The highest BCUT2D eigenvalue weighted by molar-refractivity contribution is 6.06. The number of benzene rings is 2. The molecule has 1 fully saturated rings. The zero-order chi connectivity index (χ0) is 26.5. The molecular formula is C31H41N3O3. The summed E-state index contributed by atoms with van der Waals surface area (Å²) in [5.41, 5.74) is 9.44. The summed E-state index contributed by atoms with van der Waals surface area (Å²) in [7, 11) is 0. The SMILES string of the molecule is CCCC[C@H](C(N)=O)[C@@H](CC(C)C)C(=O)NC1C(=O)N(CC2CCC2)c2ccccc2-c2ccccc21. The van der Waals surface area contributed by atoms with E-state index in [1.165, 1.54) is 6.42 Å². The van der Waals surface area contributed by atoms with E-state index in [1.807, 2.05) is 61.2 Å². The molecule has 4 rings (SSSR count). The van der Waals surface area contributed by atoms with E-state index in [9.17, 15) is 14.4 Å². The van der Waals surface area contributed by atoms with Crippen molar-refractivity contribution in [1.29, 1.82) is 0 Å². The number of anilines is 1. The van der Waals surface area contributed by atoms with Crippen molar-refractivity contribution in [3.05, 3.63) is 54.1 Å². The number of primary amides is 1. The van der Waals surface area contributed by atoms with Crippen LogP contribution in [-0.2, 0) is 14.4 Å². The lowest BCUT2D eigenvalue weighted by Gasteiger charge is -2.34. The molecule has 0 spiro atoms. The van der Waals surface area contributed by atoms with Crippen LogP contribution in [0.4, 0.5) is 5.69 Å². The summed E-state index contributed by atoms with van der Waals surface area (Å²) >= 11 is 0. The number of hydrogen-bond donors (Lipinski definition) is 2. The van der Waals surface area contributed by atoms with Gasteiger partial charge in [-0.2, -0.15) is 0 Å². The number of para-hydroxylation sites is 1. The van der Waals surface area contributed by atoms with Crippen LogP contribution in [0.2, 0.25) is 0 Å². The predicted octanol–water partition coefficient (Wildman–Crippen LogP) is 5.61. The van der Waals surface area contributed by atoms with Gasteiger partial charge in [-0.25, -0.2) is 0 Å². The molecule has 6 heteroatoms. The van der Waals surface area contributed by atoms with Gasteiger partial charge in [0, 0.05) is 23.9 Å². The number of fused-ring (bicyclic) bond motifs is 3. The second-order valence-electron chi connectivity index (χ2n) is 11.2. The van der Waals surface area contributed by atoms with Gasteiger partial charge in [-0.05, 0) is 54.7 Å². The zero-order valence-electron chi connectivity index (χ0n) is 22.4. The van der Waals surface area contributed by atoms with Crippen LogP contribution in [0.15, 0.2) is 48.5 Å². The van der Waals surface area contributed by atoms with Crippen LogP contribution >= 0.6 is 0 Å². The van der Waals surface area contributed by atoms with Crippen molar-refractivity contribution in [1.82, 2.24) is 5.32 Å². The summed E-state index contributed by atoms with van der Waals surface area (Å²) in [5, 5.41) is 3.12. The highest BCUT2D eigenvalue weighted by Gasteiger charge is 2.39. The Morgan fingerprint density at radius 2 is 1.70 bits per heavy atom. The van der Waals surface area contributed by atoms with Crippen molar-refractivity contribution in [3.8, 4) is 11.1 Å². The summed E-state index contributed by atoms with van der Waals surface area (Å²) in [4.78, 5) is 42.5. The third-order valence-electron chi connectivity index (χ3n) is 8.00. The van der Waals surface area contributed by atoms with Gasteiger partial charge in [0.05, 0.1) is 5.69 Å². The van der Waals surface area contributed by atoms with Crippen molar-refractivity contribution >= 4 is 23.4 Å². The van der Waals surface area contributed by atoms with Gasteiger partial charge in [-0.1, -0.05) is 82.5 Å². The van der Waals surface area contributed by atoms with Crippen LogP contribution in [0.5, 0.6) is 0 Å². The maximum Gasteiger partial charge on any atom is 0.254 e. The molecule has 2 aliphatic rings. The minimum atomic E-state index is -0.828. The maximum atomic E-state index is 14.2. The lowest BCUT2D eigenvalue weighted by molar-refractivity contribution is -0.136. The van der Waals surface area contributed by atoms with E-state index in [4.69, 9.17) is 5.73 Å². The summed E-state index contributed by atoms with van der Waals surface area (Å²) in [6.07, 6.45) is 6.28. The van der Waals surface area contributed by atoms with Crippen molar-refractivity contribution in [2.24, 2.45) is 29.4 Å². The Bertz CT molecular complexity index is 1120. The molecular weight excluding hydrogens is 462 g/mol. The van der Waals surface area contributed by atoms with Gasteiger partial charge in [-0.15, -0.1) is 0 Å². The largest absolute Gasteiger partial charge is 0.369 e. The monoisotopic (exact) mass is 503 g/mol. The van der Waals surface area contributed by atoms with E-state index in [-0.39, 0.29) is 17.7 Å². The third kappa shape index (κ3) is 5.89. The highest BCUT2D eigenvalue weighted by Crippen LogP contribution is 2.42. The van der Waals surface area contributed by atoms with Crippen molar-refractivity contribution in [2.75, 3.05) is 11.4 Å². The van der Waals surface area contributed by atoms with E-state index in [2.05, 4.69) is 18.3 Å². The van der Waals surface area contributed by atoms with Crippen LogP contribution in [0, 0.1) is 23.7 Å². The number of unbranched alkanes of at least 4 members (excludes halogenated alkanes) is 1. The Hall–Kier alpha value is -3.15. The Kier molecular flexibility index (Phi) is 8.67. The second kappa shape index (κ2) is 11.9. The van der Waals surface area contributed by atoms with Gasteiger partial charge in [0.25, 0.3) is 5.91 Å². The molecule has 0 radical (unpaired) electrons. The first-order chi connectivity index (χ1) is 17.8. The summed E-state index contributed by atoms with van der Waals surface area (Å²) < 4.78 is 0. The predicted molar refractivity (Wildman–Crippen MR) is 148 cm³/mol. The molecule has 0 aromatic heterocycles. The molecule has 3 amide bonds. The fourth-order valence-corrected chi connectivity index (χ4v) is 5.78. The molecule has 2 aromatic carbocycles. The molecule has 37 heavy (non-hydrogen) atoms. The molecule has 1 unspecified atom stereocenters. The number of nitrogens with one attached hydrogen (secondary N) is 1. The normalized spacial score (nSPS) is 18.9. The number of carbonyl (C=O) groups excluding carboxylic acids is 3. The van der Waals surface area contributed by atoms with Crippen molar-refractivity contribution in [2.45, 2.75) is 71.8 Å². The van der Waals surface area contributed by atoms with E-state index >= 15 is 0 Å². The van der Waals surface area contributed by atoms with Crippen LogP contribution in [0.25, 0.3) is 11.1 Å². The van der Waals surface area contributed by atoms with Crippen LogP contribution in [0.3, 0.4) is 0 Å². The van der Waals surface area contributed by atoms with Gasteiger partial charge in [0.2, 0.25) is 11.8 Å². The first-order valence-electron chi connectivity index (χ1n) is 13.9. The number of rotatable bonds is 11. The lowest BCUT2D eigenvalue weighted by atomic mass is 9.81. The maximum absolute atomic E-state index is 14.2. The number of nitrogens with zero attached hydrogens (tertiary/aromatic N) is 1. The van der Waals surface area contributed by atoms with Crippen LogP contribution < -0.4 is 16.0 Å². The van der Waals surface area contributed by atoms with Gasteiger partial charge < -0.3 is 16.0 Å². The van der Waals surface area contributed by atoms with Gasteiger partial charge in [0.1, 0.15) is 6.04 Å². The summed E-state index contributed by atoms with van der Waals surface area (Å²) in [6.45, 7) is 6.79. The fourth-order valence-electron chi connectivity index (χ4n) is 5.78. The second-order valence-corrected chi connectivity index (χ2v) is 11.2. The first kappa shape index (κ1) is 26.9. The minimum Gasteiger partial charge on any atom is -0.369 e. The topological polar surface area (TPSA) is 92.5 Å². The third-order valence-corrected chi connectivity index (χ3v) is 8.00. The molecule has 3 N–H and O–H groups in total. The molecule has 0 saturated heterocycles. The Morgan fingerprint density at radius 3 is 2.32 bits per heavy atom. The molecule has 198 valence electrons. The Balaban J connectivity index is 1.72. The molecule has 1 heterocycles. The standard InChI is InChI=1S/C31H41N3O3/c1-4-5-13-25(29(32)35)26(18-20(2)3)30(36)33-28-24-16-7-6-14-22(24)23-15-8-9-17-27(23)34(31(28)37)19-21-11-10-12-21/h6-9,14-17,20-21,25-26,28H,4-5,10-13,18-19H2,1-3H3,(H2,32,35)(H,33,36)/t25-,26+,28?/m0/s1. The summed E-state index contributed by atoms with van der Waals surface area (Å²) in [5.74, 6) is -1.29. The van der Waals surface area contributed by atoms with Crippen LogP contribution in [0.1, 0.15) is 77.3 Å². The van der Waals surface area contributed by atoms with E-state index < -0.39 is 23.8 Å². The zero-order valence-corrected chi connectivity index (χ0v) is 22.4. The average Bonchev–Trinajstić information content (AvgIpc) is 2.94. The molecule has 0 bridgehead atoms. The highest BCUT2D eigenvalue weighted by atomic mass is 16.2. The number of amides is 3. The van der Waals surface area contributed by atoms with Crippen molar-refractivity contribution in [3.63, 3.8) is 0 Å². The number of carbonyl (C=O) groups is 3.